The van der Waals surface area contributed by atoms with E-state index in [0.29, 0.717) is 17.4 Å². The number of para-hydroxylation sites is 2. The highest BCUT2D eigenvalue weighted by molar-refractivity contribution is 6.39. The molecule has 2 aromatic carbocycles. The van der Waals surface area contributed by atoms with E-state index in [2.05, 4.69) is 10.6 Å². The Morgan fingerprint density at radius 1 is 1.10 bits per heavy atom. The van der Waals surface area contributed by atoms with Gasteiger partial charge in [0.1, 0.15) is 30.4 Å². The number of phenolic OH excluding ortho intramolecular Hbond substituents is 1. The number of ether oxygens (including phenoxy) is 1. The van der Waals surface area contributed by atoms with Crippen LogP contribution in [0, 0.1) is 13.8 Å². The van der Waals surface area contributed by atoms with Gasteiger partial charge in [-0.15, -0.1) is 0 Å². The summed E-state index contributed by atoms with van der Waals surface area (Å²) >= 11 is 0. The second-order valence-corrected chi connectivity index (χ2v) is 9.75. The Morgan fingerprint density at radius 3 is 2.29 bits per heavy atom. The summed E-state index contributed by atoms with van der Waals surface area (Å²) in [6.45, 7) is 4.80. The number of aryl methyl sites for hydroxylation is 2. The van der Waals surface area contributed by atoms with Crippen LogP contribution in [0.5, 0.6) is 5.75 Å². The first kappa shape index (κ1) is 31.5. The number of fused-ring (bicyclic) bond motifs is 1. The van der Waals surface area contributed by atoms with Gasteiger partial charge in [-0.05, 0) is 63.1 Å². The molecule has 13 nitrogen and oxygen atoms in total. The van der Waals surface area contributed by atoms with Crippen molar-refractivity contribution in [3.63, 3.8) is 0 Å². The van der Waals surface area contributed by atoms with E-state index in [1.54, 1.807) is 26.0 Å². The molecule has 42 heavy (non-hydrogen) atoms. The first-order valence-electron chi connectivity index (χ1n) is 13.1. The molecule has 3 rings (SSSR count). The van der Waals surface area contributed by atoms with Crippen LogP contribution in [0.25, 0.3) is 0 Å². The molecule has 0 aliphatic carbocycles. The van der Waals surface area contributed by atoms with Crippen molar-refractivity contribution in [1.82, 2.24) is 10.6 Å². The Morgan fingerprint density at radius 2 is 1.71 bits per heavy atom. The average molecular weight is 581 g/mol. The fraction of sp³-hybridized carbons (Fsp3) is 0.345. The number of nitrogens with one attached hydrogen (secondary N) is 2. The Hall–Kier alpha value is -5.07. The van der Waals surface area contributed by atoms with Gasteiger partial charge in [-0.2, -0.15) is 0 Å². The smallest absolute Gasteiger partial charge is 0.397 e. The van der Waals surface area contributed by atoms with E-state index in [4.69, 9.17) is 4.74 Å². The quantitative estimate of drug-likeness (QED) is 0.219. The molecule has 0 radical (unpaired) electrons. The topological polar surface area (TPSA) is 179 Å². The van der Waals surface area contributed by atoms with Crippen LogP contribution >= 0.6 is 0 Å². The summed E-state index contributed by atoms with van der Waals surface area (Å²) in [5, 5.41) is 15.1. The van der Waals surface area contributed by atoms with Crippen molar-refractivity contribution < 1.29 is 43.4 Å². The molecule has 3 N–H and O–H groups in total. The number of amides is 4. The van der Waals surface area contributed by atoms with Crippen molar-refractivity contribution in [3.05, 3.63) is 53.1 Å². The molecule has 1 aliphatic heterocycles. The van der Waals surface area contributed by atoms with Crippen molar-refractivity contribution in [2.24, 2.45) is 0 Å². The molecule has 0 aromatic heterocycles. The van der Waals surface area contributed by atoms with Gasteiger partial charge in [0.05, 0.1) is 30.6 Å². The molecule has 0 saturated carbocycles. The fourth-order valence-corrected chi connectivity index (χ4v) is 4.52. The lowest BCUT2D eigenvalue weighted by atomic mass is 10.0. The van der Waals surface area contributed by atoms with Crippen LogP contribution in [0.4, 0.5) is 11.4 Å². The predicted octanol–water partition coefficient (Wildman–Crippen LogP) is 0.713. The number of aldehydes is 1. The number of nitrogens with zero attached hydrogens (tertiary/aromatic N) is 2. The molecule has 1 aliphatic rings. The number of aromatic hydroxyl groups is 1. The van der Waals surface area contributed by atoms with Gasteiger partial charge in [-0.1, -0.05) is 12.1 Å². The van der Waals surface area contributed by atoms with Crippen LogP contribution in [-0.2, 0) is 33.5 Å². The normalized spacial score (nSPS) is 15.1. The van der Waals surface area contributed by atoms with E-state index in [-0.39, 0.29) is 41.5 Å². The molecule has 0 bridgehead atoms. The van der Waals surface area contributed by atoms with E-state index < -0.39 is 54.8 Å². The van der Waals surface area contributed by atoms with E-state index >= 15 is 0 Å². The van der Waals surface area contributed by atoms with Gasteiger partial charge >= 0.3 is 11.9 Å². The number of rotatable bonds is 9. The second-order valence-electron chi connectivity index (χ2n) is 9.75. The molecule has 4 amide bonds. The van der Waals surface area contributed by atoms with Gasteiger partial charge in [0.2, 0.25) is 5.91 Å². The third-order valence-electron chi connectivity index (χ3n) is 6.47. The van der Waals surface area contributed by atoms with Crippen LogP contribution in [0.3, 0.4) is 0 Å². The highest BCUT2D eigenvalue weighted by atomic mass is 16.5. The van der Waals surface area contributed by atoms with Crippen molar-refractivity contribution >= 4 is 53.0 Å². The molecular weight excluding hydrogens is 548 g/mol. The zero-order valence-corrected chi connectivity index (χ0v) is 23.6. The van der Waals surface area contributed by atoms with Gasteiger partial charge in [0, 0.05) is 12.0 Å². The molecule has 1 heterocycles. The SMILES string of the molecule is CCOC(=O)C(=O)N1C[C@H](NC(=O)c2cc(C)c(O)c(C)c2)C(=O)N(CC(=O)N[C@H](C=O)CC(C)=O)c2ccccc21. The van der Waals surface area contributed by atoms with Crippen molar-refractivity contribution in [2.45, 2.75) is 46.2 Å². The van der Waals surface area contributed by atoms with Crippen LogP contribution < -0.4 is 20.4 Å². The molecule has 0 fully saturated rings. The van der Waals surface area contributed by atoms with Crippen LogP contribution in [0.15, 0.2) is 36.4 Å². The molecule has 222 valence electrons. The summed E-state index contributed by atoms with van der Waals surface area (Å²) in [5.74, 6) is -4.88. The van der Waals surface area contributed by atoms with Gasteiger partial charge in [0.25, 0.3) is 11.8 Å². The minimum absolute atomic E-state index is 0.00865. The number of anilines is 2. The van der Waals surface area contributed by atoms with Gasteiger partial charge in [-0.3, -0.25) is 33.8 Å². The minimum atomic E-state index is -1.44. The predicted molar refractivity (Wildman–Crippen MR) is 150 cm³/mol. The monoisotopic (exact) mass is 580 g/mol. The summed E-state index contributed by atoms with van der Waals surface area (Å²) in [7, 11) is 0. The lowest BCUT2D eigenvalue weighted by Crippen LogP contribution is -2.55. The number of Topliss-reactive ketones (excluding diaryl/α,β-unsaturated/α-hetero) is 1. The highest BCUT2D eigenvalue weighted by Crippen LogP contribution is 2.33. The Kier molecular flexibility index (Phi) is 10.1. The zero-order valence-electron chi connectivity index (χ0n) is 23.6. The van der Waals surface area contributed by atoms with E-state index in [0.717, 1.165) is 9.80 Å². The molecule has 13 heteroatoms. The number of phenols is 1. The lowest BCUT2D eigenvalue weighted by Gasteiger charge is -2.25. The minimum Gasteiger partial charge on any atom is -0.507 e. The van der Waals surface area contributed by atoms with Crippen molar-refractivity contribution in [3.8, 4) is 5.75 Å². The molecule has 0 saturated heterocycles. The maximum absolute atomic E-state index is 13.9. The summed E-state index contributed by atoms with van der Waals surface area (Å²) in [4.78, 5) is 90.7. The maximum Gasteiger partial charge on any atom is 0.397 e. The Labute approximate surface area is 241 Å². The van der Waals surface area contributed by atoms with Crippen molar-refractivity contribution in [1.29, 1.82) is 0 Å². The molecule has 2 aromatic rings. The second kappa shape index (κ2) is 13.5. The van der Waals surface area contributed by atoms with E-state index in [9.17, 15) is 38.7 Å². The average Bonchev–Trinajstić information content (AvgIpc) is 3.05. The lowest BCUT2D eigenvalue weighted by molar-refractivity contribution is -0.153. The third-order valence-corrected chi connectivity index (χ3v) is 6.47. The molecule has 2 atom stereocenters. The standard InChI is InChI=1S/C29H32N4O9/c1-5-42-29(41)28(40)32-13-21(31-26(38)19-10-16(2)25(37)17(3)11-19)27(39)33(23-9-7-6-8-22(23)32)14-24(36)30-20(15-34)12-18(4)35/h6-11,15,20-21,37H,5,12-14H2,1-4H3,(H,30,36)(H,31,38)/t20-,21-/m0/s1. The van der Waals surface area contributed by atoms with Crippen LogP contribution in [-0.4, -0.2) is 78.6 Å². The summed E-state index contributed by atoms with van der Waals surface area (Å²) in [6, 6.07) is 6.32. The number of esters is 1. The summed E-state index contributed by atoms with van der Waals surface area (Å²) in [5.41, 5.74) is 1.15. The number of benzene rings is 2. The first-order valence-corrected chi connectivity index (χ1v) is 13.1. The Bertz CT molecular complexity index is 1410. The number of hydrogen-bond acceptors (Lipinski definition) is 9. The fourth-order valence-electron chi connectivity index (χ4n) is 4.52. The first-order chi connectivity index (χ1) is 19.9. The van der Waals surface area contributed by atoms with Gasteiger partial charge in [0.15, 0.2) is 0 Å². The highest BCUT2D eigenvalue weighted by Gasteiger charge is 2.39. The molecule has 0 unspecified atom stereocenters. The van der Waals surface area contributed by atoms with Crippen molar-refractivity contribution in [2.75, 3.05) is 29.5 Å². The van der Waals surface area contributed by atoms with Crippen LogP contribution in [0.1, 0.15) is 41.8 Å². The third kappa shape index (κ3) is 7.16. The maximum atomic E-state index is 13.9. The van der Waals surface area contributed by atoms with Crippen LogP contribution in [0.2, 0.25) is 0 Å². The molecular formula is C29H32N4O9. The number of carbonyl (C=O) groups is 7. The Balaban J connectivity index is 2.04. The summed E-state index contributed by atoms with van der Waals surface area (Å²) in [6.07, 6.45) is 0.160. The zero-order chi connectivity index (χ0) is 31.1. The van der Waals surface area contributed by atoms with E-state index in [1.165, 1.54) is 38.1 Å². The molecule has 0 spiro atoms. The van der Waals surface area contributed by atoms with Gasteiger partial charge < -0.3 is 25.3 Å². The summed E-state index contributed by atoms with van der Waals surface area (Å²) < 4.78 is 4.88. The largest absolute Gasteiger partial charge is 0.507 e. The van der Waals surface area contributed by atoms with Gasteiger partial charge in [-0.25, -0.2) is 4.79 Å². The van der Waals surface area contributed by atoms with E-state index in [1.807, 2.05) is 0 Å². The number of carbonyl (C=O) groups excluding carboxylic acids is 7. The number of hydrogen-bond donors (Lipinski definition) is 3. The number of ketones is 1.